The molecule has 0 spiro atoms. The maximum atomic E-state index is 12.0. The van der Waals surface area contributed by atoms with Gasteiger partial charge in [0.25, 0.3) is 5.69 Å². The lowest BCUT2D eigenvalue weighted by molar-refractivity contribution is -0.385. The number of hydrogen-bond acceptors (Lipinski definition) is 4. The van der Waals surface area contributed by atoms with E-state index in [1.54, 1.807) is 19.1 Å². The van der Waals surface area contributed by atoms with Gasteiger partial charge in [-0.1, -0.05) is 25.0 Å². The smallest absolute Gasteiger partial charge is 0.272 e. The average molecular weight is 289 g/mol. The Kier molecular flexibility index (Phi) is 3.63. The first-order valence-corrected chi connectivity index (χ1v) is 7.34. The van der Waals surface area contributed by atoms with Crippen LogP contribution in [-0.2, 0) is 4.79 Å². The predicted molar refractivity (Wildman–Crippen MR) is 77.6 cm³/mol. The number of benzene rings is 1. The van der Waals surface area contributed by atoms with Crippen molar-refractivity contribution in [3.05, 3.63) is 39.4 Å². The molecule has 1 aromatic rings. The van der Waals surface area contributed by atoms with Gasteiger partial charge in [-0.3, -0.25) is 20.2 Å². The zero-order valence-electron chi connectivity index (χ0n) is 12.0. The van der Waals surface area contributed by atoms with Crippen LogP contribution in [0.4, 0.5) is 5.69 Å². The van der Waals surface area contributed by atoms with Crippen LogP contribution in [0.25, 0.3) is 0 Å². The fourth-order valence-electron chi connectivity index (χ4n) is 2.81. The van der Waals surface area contributed by atoms with Crippen molar-refractivity contribution in [3.8, 4) is 0 Å². The van der Waals surface area contributed by atoms with Crippen LogP contribution in [0.1, 0.15) is 36.6 Å². The maximum Gasteiger partial charge on any atom is 0.272 e. The van der Waals surface area contributed by atoms with Crippen LogP contribution in [0, 0.1) is 23.0 Å². The Morgan fingerprint density at radius 1 is 1.43 bits per heavy atom. The van der Waals surface area contributed by atoms with Crippen molar-refractivity contribution in [1.29, 1.82) is 0 Å². The summed E-state index contributed by atoms with van der Waals surface area (Å²) >= 11 is 0. The van der Waals surface area contributed by atoms with Crippen molar-refractivity contribution in [2.75, 3.05) is 13.1 Å². The van der Waals surface area contributed by atoms with Gasteiger partial charge in [0.1, 0.15) is 6.17 Å². The summed E-state index contributed by atoms with van der Waals surface area (Å²) in [5.74, 6) is 0.829. The number of nitro benzene ring substituents is 1. The Balaban J connectivity index is 1.81. The van der Waals surface area contributed by atoms with Crippen molar-refractivity contribution < 1.29 is 9.72 Å². The van der Waals surface area contributed by atoms with Crippen LogP contribution in [0.2, 0.25) is 0 Å². The topological polar surface area (TPSA) is 75.5 Å². The molecule has 112 valence electrons. The molecule has 2 fully saturated rings. The number of aryl methyl sites for hydroxylation is 1. The lowest BCUT2D eigenvalue weighted by Crippen LogP contribution is -2.31. The number of nitro groups is 1. The number of rotatable bonds is 5. The highest BCUT2D eigenvalue weighted by molar-refractivity contribution is 5.81. The molecule has 1 saturated carbocycles. The molecule has 0 bridgehead atoms. The first kappa shape index (κ1) is 14.0. The number of nitrogens with zero attached hydrogens (tertiary/aromatic N) is 2. The lowest BCUT2D eigenvalue weighted by Gasteiger charge is -2.24. The summed E-state index contributed by atoms with van der Waals surface area (Å²) in [4.78, 5) is 24.5. The third kappa shape index (κ3) is 2.90. The van der Waals surface area contributed by atoms with Crippen LogP contribution >= 0.6 is 0 Å². The molecule has 1 heterocycles. The Labute approximate surface area is 123 Å². The lowest BCUT2D eigenvalue weighted by atomic mass is 10.1. The zero-order valence-corrected chi connectivity index (χ0v) is 12.0. The van der Waals surface area contributed by atoms with Gasteiger partial charge < -0.3 is 4.90 Å². The quantitative estimate of drug-likeness (QED) is 0.665. The molecular formula is C15H19N3O3. The molecule has 2 aliphatic rings. The summed E-state index contributed by atoms with van der Waals surface area (Å²) < 4.78 is 0. The number of carbonyl (C=O) groups excluding carboxylic acids is 1. The van der Waals surface area contributed by atoms with E-state index in [2.05, 4.69) is 5.32 Å². The van der Waals surface area contributed by atoms with Gasteiger partial charge in [0.2, 0.25) is 5.91 Å². The van der Waals surface area contributed by atoms with Crippen molar-refractivity contribution in [1.82, 2.24) is 10.2 Å². The van der Waals surface area contributed by atoms with E-state index in [0.29, 0.717) is 12.1 Å². The summed E-state index contributed by atoms with van der Waals surface area (Å²) in [6, 6.07) is 5.19. The largest absolute Gasteiger partial charge is 0.322 e. The van der Waals surface area contributed by atoms with Gasteiger partial charge in [0, 0.05) is 18.2 Å². The van der Waals surface area contributed by atoms with E-state index in [4.69, 9.17) is 0 Å². The second-order valence-electron chi connectivity index (χ2n) is 5.91. The molecule has 6 nitrogen and oxygen atoms in total. The van der Waals surface area contributed by atoms with Crippen molar-refractivity contribution in [2.45, 2.75) is 32.4 Å². The minimum atomic E-state index is -0.371. The summed E-state index contributed by atoms with van der Waals surface area (Å²) in [6.07, 6.45) is 3.31. The van der Waals surface area contributed by atoms with Gasteiger partial charge >= 0.3 is 0 Å². The van der Waals surface area contributed by atoms with Crippen LogP contribution in [-0.4, -0.2) is 28.8 Å². The van der Waals surface area contributed by atoms with Gasteiger partial charge in [-0.15, -0.1) is 0 Å². The third-order valence-electron chi connectivity index (χ3n) is 4.30. The standard InChI is InChI=1S/C15H19N3O3/c1-10-2-5-12(8-13(10)18(20)21)15-16-9-14(19)17(15)7-6-11-3-4-11/h2,5,8,11,15-16H,3-4,6-7,9H2,1H3. The van der Waals surface area contributed by atoms with Crippen LogP contribution < -0.4 is 5.32 Å². The minimum Gasteiger partial charge on any atom is -0.322 e. The Bertz CT molecular complexity index is 584. The summed E-state index contributed by atoms with van der Waals surface area (Å²) in [5, 5.41) is 14.2. The summed E-state index contributed by atoms with van der Waals surface area (Å²) in [7, 11) is 0. The first-order valence-electron chi connectivity index (χ1n) is 7.34. The highest BCUT2D eigenvalue weighted by atomic mass is 16.6. The van der Waals surface area contributed by atoms with Crippen LogP contribution in [0.5, 0.6) is 0 Å². The molecule has 1 unspecified atom stereocenters. The van der Waals surface area contributed by atoms with Crippen LogP contribution in [0.3, 0.4) is 0 Å². The fourth-order valence-corrected chi connectivity index (χ4v) is 2.81. The monoisotopic (exact) mass is 289 g/mol. The van der Waals surface area contributed by atoms with E-state index in [1.165, 1.54) is 12.8 Å². The van der Waals surface area contributed by atoms with Gasteiger partial charge in [-0.05, 0) is 24.8 Å². The number of amides is 1. The second-order valence-corrected chi connectivity index (χ2v) is 5.91. The predicted octanol–water partition coefficient (Wildman–Crippen LogP) is 2.13. The molecule has 0 radical (unpaired) electrons. The minimum absolute atomic E-state index is 0.0730. The normalized spacial score (nSPS) is 21.9. The highest BCUT2D eigenvalue weighted by Gasteiger charge is 2.33. The zero-order chi connectivity index (χ0) is 15.0. The van der Waals surface area contributed by atoms with Crippen molar-refractivity contribution in [2.24, 2.45) is 5.92 Å². The average Bonchev–Trinajstić information content (AvgIpc) is 3.20. The molecule has 6 heteroatoms. The molecule has 1 amide bonds. The molecule has 21 heavy (non-hydrogen) atoms. The van der Waals surface area contributed by atoms with Gasteiger partial charge in [-0.25, -0.2) is 0 Å². The molecule has 1 N–H and O–H groups in total. The molecule has 1 aliphatic heterocycles. The highest BCUT2D eigenvalue weighted by Crippen LogP contribution is 2.34. The van der Waals surface area contributed by atoms with Gasteiger partial charge in [0.15, 0.2) is 0 Å². The molecule has 1 atom stereocenters. The Morgan fingerprint density at radius 3 is 2.86 bits per heavy atom. The molecule has 0 aromatic heterocycles. The van der Waals surface area contributed by atoms with E-state index >= 15 is 0 Å². The number of nitrogens with one attached hydrogen (secondary N) is 1. The molecular weight excluding hydrogens is 270 g/mol. The van der Waals surface area contributed by atoms with E-state index in [9.17, 15) is 14.9 Å². The number of hydrogen-bond donors (Lipinski definition) is 1. The van der Waals surface area contributed by atoms with Gasteiger partial charge in [-0.2, -0.15) is 0 Å². The molecule has 1 aromatic carbocycles. The molecule has 3 rings (SSSR count). The van der Waals surface area contributed by atoms with Crippen LogP contribution in [0.15, 0.2) is 18.2 Å². The third-order valence-corrected chi connectivity index (χ3v) is 4.30. The molecule has 1 aliphatic carbocycles. The maximum absolute atomic E-state index is 12.0. The second kappa shape index (κ2) is 5.44. The fraction of sp³-hybridized carbons (Fsp3) is 0.533. The van der Waals surface area contributed by atoms with E-state index in [1.807, 2.05) is 11.0 Å². The Hall–Kier alpha value is -1.95. The first-order chi connectivity index (χ1) is 10.1. The van der Waals surface area contributed by atoms with Crippen molar-refractivity contribution in [3.63, 3.8) is 0 Å². The Morgan fingerprint density at radius 2 is 2.19 bits per heavy atom. The van der Waals surface area contributed by atoms with E-state index < -0.39 is 0 Å². The molecule has 1 saturated heterocycles. The van der Waals surface area contributed by atoms with Gasteiger partial charge in [0.05, 0.1) is 11.5 Å². The van der Waals surface area contributed by atoms with E-state index in [-0.39, 0.29) is 22.7 Å². The SMILES string of the molecule is Cc1ccc(C2NCC(=O)N2CCC2CC2)cc1[N+](=O)[O-]. The summed E-state index contributed by atoms with van der Waals surface area (Å²) in [6.45, 7) is 2.75. The van der Waals surface area contributed by atoms with E-state index in [0.717, 1.165) is 24.4 Å². The van der Waals surface area contributed by atoms with Crippen molar-refractivity contribution >= 4 is 11.6 Å². The number of carbonyl (C=O) groups is 1. The summed E-state index contributed by atoms with van der Waals surface area (Å²) in [5.41, 5.74) is 1.53.